The van der Waals surface area contributed by atoms with Crippen molar-refractivity contribution in [2.45, 2.75) is 13.3 Å². The van der Waals surface area contributed by atoms with Gasteiger partial charge in [0.2, 0.25) is 0 Å². The summed E-state index contributed by atoms with van der Waals surface area (Å²) < 4.78 is 0. The molecule has 2 rings (SSSR count). The van der Waals surface area contributed by atoms with E-state index in [1.807, 2.05) is 0 Å². The quantitative estimate of drug-likeness (QED) is 0.702. The summed E-state index contributed by atoms with van der Waals surface area (Å²) in [6.07, 6.45) is 6.11. The smallest absolute Gasteiger partial charge is 0.255 e. The van der Waals surface area contributed by atoms with Gasteiger partial charge >= 0.3 is 0 Å². The molecule has 0 N–H and O–H groups in total. The highest BCUT2D eigenvalue weighted by Crippen LogP contribution is 2.18. The third-order valence-corrected chi connectivity index (χ3v) is 3.03. The van der Waals surface area contributed by atoms with E-state index in [4.69, 9.17) is 11.6 Å². The molecule has 0 bridgehead atoms. The van der Waals surface area contributed by atoms with E-state index in [-0.39, 0.29) is 5.91 Å². The molecule has 0 atom stereocenters. The van der Waals surface area contributed by atoms with E-state index in [9.17, 15) is 4.79 Å². The predicted molar refractivity (Wildman–Crippen MR) is 63.5 cm³/mol. The number of rotatable bonds is 1. The highest BCUT2D eigenvalue weighted by Gasteiger charge is 2.19. The Morgan fingerprint density at radius 3 is 3.00 bits per heavy atom. The van der Waals surface area contributed by atoms with Gasteiger partial charge in [-0.3, -0.25) is 9.78 Å². The van der Waals surface area contributed by atoms with Crippen molar-refractivity contribution in [2.75, 3.05) is 13.1 Å². The number of carbonyl (C=O) groups excluding carboxylic acids is 1. The molecule has 1 amide bonds. The monoisotopic (exact) mass is 236 g/mol. The minimum atomic E-state index is -0.0175. The molecular weight excluding hydrogens is 224 g/mol. The first-order valence-electron chi connectivity index (χ1n) is 5.23. The molecule has 1 aromatic rings. The van der Waals surface area contributed by atoms with Crippen LogP contribution in [-0.4, -0.2) is 28.9 Å². The van der Waals surface area contributed by atoms with E-state index in [0.717, 1.165) is 13.0 Å². The van der Waals surface area contributed by atoms with E-state index in [1.54, 1.807) is 17.2 Å². The second-order valence-electron chi connectivity index (χ2n) is 3.91. The molecule has 0 aromatic carbocycles. The second kappa shape index (κ2) is 4.66. The van der Waals surface area contributed by atoms with E-state index in [1.165, 1.54) is 11.8 Å². The molecule has 0 saturated carbocycles. The highest BCUT2D eigenvalue weighted by molar-refractivity contribution is 6.33. The highest BCUT2D eigenvalue weighted by atomic mass is 35.5. The van der Waals surface area contributed by atoms with Crippen LogP contribution < -0.4 is 0 Å². The summed E-state index contributed by atoms with van der Waals surface area (Å²) in [5.41, 5.74) is 1.87. The van der Waals surface area contributed by atoms with Crippen LogP contribution >= 0.6 is 11.6 Å². The van der Waals surface area contributed by atoms with Crippen molar-refractivity contribution in [3.05, 3.63) is 40.7 Å². The number of halogens is 1. The van der Waals surface area contributed by atoms with E-state index < -0.39 is 0 Å². The van der Waals surface area contributed by atoms with Crippen LogP contribution in [0.1, 0.15) is 23.7 Å². The average Bonchev–Trinajstić information content (AvgIpc) is 2.30. The number of nitrogens with zero attached hydrogens (tertiary/aromatic N) is 2. The molecule has 3 nitrogen and oxygen atoms in total. The summed E-state index contributed by atoms with van der Waals surface area (Å²) in [6.45, 7) is 3.52. The van der Waals surface area contributed by atoms with Gasteiger partial charge in [0.1, 0.15) is 0 Å². The molecule has 2 heterocycles. The zero-order valence-electron chi connectivity index (χ0n) is 9.11. The molecule has 1 aliphatic rings. The SMILES string of the molecule is CC1=CCN(C(=O)c2ccncc2Cl)CC1. The maximum atomic E-state index is 12.1. The van der Waals surface area contributed by atoms with Crippen molar-refractivity contribution >= 4 is 17.5 Å². The minimum Gasteiger partial charge on any atom is -0.335 e. The number of amides is 1. The largest absolute Gasteiger partial charge is 0.335 e. The lowest BCUT2D eigenvalue weighted by atomic mass is 10.1. The predicted octanol–water partition coefficient (Wildman–Crippen LogP) is 2.53. The summed E-state index contributed by atoms with van der Waals surface area (Å²) in [5, 5.41) is 0.416. The summed E-state index contributed by atoms with van der Waals surface area (Å²) in [5.74, 6) is -0.0175. The van der Waals surface area contributed by atoms with E-state index in [0.29, 0.717) is 17.1 Å². The summed E-state index contributed by atoms with van der Waals surface area (Å²) in [4.78, 5) is 17.8. The van der Waals surface area contributed by atoms with Crippen LogP contribution in [0.3, 0.4) is 0 Å². The summed E-state index contributed by atoms with van der Waals surface area (Å²) in [6, 6.07) is 1.66. The Morgan fingerprint density at radius 1 is 1.56 bits per heavy atom. The Labute approximate surface area is 99.7 Å². The Balaban J connectivity index is 2.18. The normalized spacial score (nSPS) is 15.9. The van der Waals surface area contributed by atoms with Crippen molar-refractivity contribution in [2.24, 2.45) is 0 Å². The van der Waals surface area contributed by atoms with Crippen molar-refractivity contribution in [1.82, 2.24) is 9.88 Å². The van der Waals surface area contributed by atoms with Crippen molar-refractivity contribution in [3.8, 4) is 0 Å². The molecule has 84 valence electrons. The number of carbonyl (C=O) groups is 1. The maximum Gasteiger partial charge on any atom is 0.255 e. The first kappa shape index (κ1) is 11.1. The lowest BCUT2D eigenvalue weighted by Crippen LogP contribution is -2.34. The molecule has 0 aliphatic carbocycles. The molecule has 1 aliphatic heterocycles. The van der Waals surface area contributed by atoms with Gasteiger partial charge in [0.15, 0.2) is 0 Å². The summed E-state index contributed by atoms with van der Waals surface area (Å²) in [7, 11) is 0. The zero-order valence-corrected chi connectivity index (χ0v) is 9.87. The first-order chi connectivity index (χ1) is 7.68. The van der Waals surface area contributed by atoms with Gasteiger partial charge in [-0.1, -0.05) is 23.3 Å². The number of aromatic nitrogens is 1. The Hall–Kier alpha value is -1.35. The van der Waals surface area contributed by atoms with Crippen molar-refractivity contribution < 1.29 is 4.79 Å². The third-order valence-electron chi connectivity index (χ3n) is 2.73. The molecule has 0 saturated heterocycles. The van der Waals surface area contributed by atoms with Crippen LogP contribution in [0.2, 0.25) is 5.02 Å². The maximum absolute atomic E-state index is 12.1. The number of hydrogen-bond acceptors (Lipinski definition) is 2. The Kier molecular flexibility index (Phi) is 3.25. The number of hydrogen-bond donors (Lipinski definition) is 0. The molecule has 0 fully saturated rings. The van der Waals surface area contributed by atoms with Crippen LogP contribution in [0.5, 0.6) is 0 Å². The van der Waals surface area contributed by atoms with Gasteiger partial charge in [-0.05, 0) is 19.4 Å². The molecule has 0 radical (unpaired) electrons. The van der Waals surface area contributed by atoms with Crippen molar-refractivity contribution in [3.63, 3.8) is 0 Å². The van der Waals surface area contributed by atoms with Crippen LogP contribution in [0.25, 0.3) is 0 Å². The van der Waals surface area contributed by atoms with Gasteiger partial charge in [0, 0.05) is 25.5 Å². The van der Waals surface area contributed by atoms with Gasteiger partial charge in [-0.25, -0.2) is 0 Å². The zero-order chi connectivity index (χ0) is 11.5. The molecule has 16 heavy (non-hydrogen) atoms. The molecular formula is C12H13ClN2O. The molecule has 0 unspecified atom stereocenters. The van der Waals surface area contributed by atoms with Gasteiger partial charge in [-0.2, -0.15) is 0 Å². The standard InChI is InChI=1S/C12H13ClN2O/c1-9-3-6-15(7-4-9)12(16)10-2-5-14-8-11(10)13/h2-3,5,8H,4,6-7H2,1H3. The summed E-state index contributed by atoms with van der Waals surface area (Å²) >= 11 is 5.94. The van der Waals surface area contributed by atoms with Crippen LogP contribution in [0.4, 0.5) is 0 Å². The van der Waals surface area contributed by atoms with Gasteiger partial charge in [-0.15, -0.1) is 0 Å². The molecule has 4 heteroatoms. The lowest BCUT2D eigenvalue weighted by molar-refractivity contribution is 0.0769. The van der Waals surface area contributed by atoms with Gasteiger partial charge < -0.3 is 4.90 Å². The van der Waals surface area contributed by atoms with Crippen LogP contribution in [0, 0.1) is 0 Å². The fourth-order valence-electron chi connectivity index (χ4n) is 1.67. The van der Waals surface area contributed by atoms with E-state index in [2.05, 4.69) is 18.0 Å². The third kappa shape index (κ3) is 2.25. The van der Waals surface area contributed by atoms with Crippen molar-refractivity contribution in [1.29, 1.82) is 0 Å². The average molecular weight is 237 g/mol. The lowest BCUT2D eigenvalue weighted by Gasteiger charge is -2.25. The molecule has 0 spiro atoms. The van der Waals surface area contributed by atoms with Crippen LogP contribution in [0.15, 0.2) is 30.1 Å². The van der Waals surface area contributed by atoms with E-state index >= 15 is 0 Å². The second-order valence-corrected chi connectivity index (χ2v) is 4.31. The number of pyridine rings is 1. The minimum absolute atomic E-state index is 0.0175. The first-order valence-corrected chi connectivity index (χ1v) is 5.60. The topological polar surface area (TPSA) is 33.2 Å². The fraction of sp³-hybridized carbons (Fsp3) is 0.333. The molecule has 1 aromatic heterocycles. The fourth-order valence-corrected chi connectivity index (χ4v) is 1.87. The van der Waals surface area contributed by atoms with Crippen LogP contribution in [-0.2, 0) is 0 Å². The Bertz CT molecular complexity index is 442. The van der Waals surface area contributed by atoms with Gasteiger partial charge in [0.05, 0.1) is 10.6 Å². The van der Waals surface area contributed by atoms with Gasteiger partial charge in [0.25, 0.3) is 5.91 Å². The Morgan fingerprint density at radius 2 is 2.38 bits per heavy atom.